The van der Waals surface area contributed by atoms with Gasteiger partial charge in [-0.05, 0) is 37.0 Å². The lowest BCUT2D eigenvalue weighted by Gasteiger charge is -2.31. The van der Waals surface area contributed by atoms with Crippen molar-refractivity contribution < 1.29 is 18.8 Å². The Bertz CT molecular complexity index is 1050. The molecule has 2 amide bonds. The van der Waals surface area contributed by atoms with Gasteiger partial charge in [0, 0.05) is 30.6 Å². The van der Waals surface area contributed by atoms with E-state index in [1.807, 2.05) is 47.4 Å². The van der Waals surface area contributed by atoms with Crippen molar-refractivity contribution in [3.8, 4) is 17.0 Å². The van der Waals surface area contributed by atoms with Gasteiger partial charge in [0.15, 0.2) is 0 Å². The van der Waals surface area contributed by atoms with Crippen LogP contribution in [0.25, 0.3) is 11.3 Å². The quantitative estimate of drug-likeness (QED) is 0.548. The molecule has 1 aromatic heterocycles. The molecule has 3 aromatic rings. The second-order valence-corrected chi connectivity index (χ2v) is 8.18. The zero-order chi connectivity index (χ0) is 23.0. The van der Waals surface area contributed by atoms with Crippen LogP contribution in [0, 0.1) is 5.92 Å². The third-order valence-electron chi connectivity index (χ3n) is 5.96. The van der Waals surface area contributed by atoms with Gasteiger partial charge in [0.25, 0.3) is 0 Å². The molecule has 0 atom stereocenters. The van der Waals surface area contributed by atoms with Gasteiger partial charge in [-0.1, -0.05) is 54.5 Å². The number of carbonyl (C=O) groups is 2. The van der Waals surface area contributed by atoms with Crippen LogP contribution >= 0.6 is 0 Å². The lowest BCUT2D eigenvalue weighted by Crippen LogP contribution is -2.41. The molecule has 0 bridgehead atoms. The summed E-state index contributed by atoms with van der Waals surface area (Å²) in [5.74, 6) is 0.893. The molecular weight excluding hydrogens is 418 g/mol. The van der Waals surface area contributed by atoms with Crippen molar-refractivity contribution in [2.45, 2.75) is 32.6 Å². The van der Waals surface area contributed by atoms with E-state index in [1.54, 1.807) is 6.07 Å². The number of rotatable bonds is 8. The van der Waals surface area contributed by atoms with E-state index in [0.717, 1.165) is 17.7 Å². The fourth-order valence-electron chi connectivity index (χ4n) is 3.93. The van der Waals surface area contributed by atoms with Crippen molar-refractivity contribution in [2.75, 3.05) is 25.0 Å². The van der Waals surface area contributed by atoms with Crippen LogP contribution in [0.15, 0.2) is 65.2 Å². The van der Waals surface area contributed by atoms with Crippen LogP contribution in [0.2, 0.25) is 0 Å². The standard InChI is InChI=1S/C26H29N3O4/c1-2-19-8-10-20(11-9-19)23-18-24(33-28-23)27-26(31)21-12-15-29(16-13-21)25(30)14-17-32-22-6-4-3-5-7-22/h3-11,18,21H,2,12-17H2,1H3,(H,27,31). The summed E-state index contributed by atoms with van der Waals surface area (Å²) >= 11 is 0. The number of benzene rings is 2. The average Bonchev–Trinajstić information content (AvgIpc) is 3.33. The van der Waals surface area contributed by atoms with Gasteiger partial charge < -0.3 is 14.2 Å². The molecule has 1 fully saturated rings. The van der Waals surface area contributed by atoms with Crippen molar-refractivity contribution >= 4 is 17.7 Å². The van der Waals surface area contributed by atoms with Crippen LogP contribution in [-0.4, -0.2) is 41.6 Å². The fraction of sp³-hybridized carbons (Fsp3) is 0.346. The second kappa shape index (κ2) is 10.8. The first-order chi connectivity index (χ1) is 16.1. The molecule has 172 valence electrons. The Kier molecular flexibility index (Phi) is 7.40. The summed E-state index contributed by atoms with van der Waals surface area (Å²) in [7, 11) is 0. The smallest absolute Gasteiger partial charge is 0.231 e. The lowest BCUT2D eigenvalue weighted by atomic mass is 9.95. The summed E-state index contributed by atoms with van der Waals surface area (Å²) in [6.07, 6.45) is 2.55. The van der Waals surface area contributed by atoms with Gasteiger partial charge in [-0.25, -0.2) is 0 Å². The van der Waals surface area contributed by atoms with Gasteiger partial charge in [-0.15, -0.1) is 0 Å². The molecule has 2 heterocycles. The molecule has 7 nitrogen and oxygen atoms in total. The zero-order valence-corrected chi connectivity index (χ0v) is 18.8. The molecule has 33 heavy (non-hydrogen) atoms. The highest BCUT2D eigenvalue weighted by Crippen LogP contribution is 2.24. The maximum Gasteiger partial charge on any atom is 0.231 e. The Morgan fingerprint density at radius 1 is 1.09 bits per heavy atom. The summed E-state index contributed by atoms with van der Waals surface area (Å²) in [5, 5.41) is 6.90. The van der Waals surface area contributed by atoms with E-state index in [9.17, 15) is 9.59 Å². The normalized spacial score (nSPS) is 14.2. The average molecular weight is 448 g/mol. The van der Waals surface area contributed by atoms with Gasteiger partial charge >= 0.3 is 0 Å². The maximum atomic E-state index is 12.7. The van der Waals surface area contributed by atoms with Gasteiger partial charge in [-0.3, -0.25) is 14.9 Å². The van der Waals surface area contributed by atoms with E-state index < -0.39 is 0 Å². The minimum absolute atomic E-state index is 0.0544. The molecule has 7 heteroatoms. The highest BCUT2D eigenvalue weighted by atomic mass is 16.5. The summed E-state index contributed by atoms with van der Waals surface area (Å²) in [6.45, 7) is 3.58. The van der Waals surface area contributed by atoms with Crippen LogP contribution in [-0.2, 0) is 16.0 Å². The summed E-state index contributed by atoms with van der Waals surface area (Å²) in [4.78, 5) is 26.9. The monoisotopic (exact) mass is 447 g/mol. The van der Waals surface area contributed by atoms with Crippen LogP contribution in [0.4, 0.5) is 5.88 Å². The van der Waals surface area contributed by atoms with Crippen LogP contribution < -0.4 is 10.1 Å². The topological polar surface area (TPSA) is 84.7 Å². The number of aromatic nitrogens is 1. The molecular formula is C26H29N3O4. The van der Waals surface area contributed by atoms with Crippen LogP contribution in [0.1, 0.15) is 31.7 Å². The van der Waals surface area contributed by atoms with Gasteiger partial charge in [0.2, 0.25) is 17.7 Å². The molecule has 1 aliphatic rings. The SMILES string of the molecule is CCc1ccc(-c2cc(NC(=O)C3CCN(C(=O)CCOc4ccccc4)CC3)on2)cc1. The Hall–Kier alpha value is -3.61. The number of carbonyl (C=O) groups excluding carboxylic acids is 2. The van der Waals surface area contributed by atoms with Gasteiger partial charge in [-0.2, -0.15) is 0 Å². The molecule has 0 radical (unpaired) electrons. The van der Waals surface area contributed by atoms with Gasteiger partial charge in [0.1, 0.15) is 11.4 Å². The number of nitrogens with zero attached hydrogens (tertiary/aromatic N) is 2. The number of ether oxygens (including phenoxy) is 1. The number of amides is 2. The molecule has 0 aliphatic carbocycles. The van der Waals surface area contributed by atoms with Crippen molar-refractivity contribution in [2.24, 2.45) is 5.92 Å². The maximum absolute atomic E-state index is 12.7. The first kappa shape index (κ1) is 22.6. The molecule has 4 rings (SSSR count). The highest BCUT2D eigenvalue weighted by molar-refractivity contribution is 5.92. The number of nitrogens with one attached hydrogen (secondary N) is 1. The molecule has 1 aliphatic heterocycles. The number of likely N-dealkylation sites (tertiary alicyclic amines) is 1. The molecule has 1 saturated heterocycles. The number of hydrogen-bond acceptors (Lipinski definition) is 5. The number of aryl methyl sites for hydroxylation is 1. The van der Waals surface area contributed by atoms with Crippen molar-refractivity contribution in [3.05, 3.63) is 66.2 Å². The molecule has 1 N–H and O–H groups in total. The molecule has 0 unspecified atom stereocenters. The minimum Gasteiger partial charge on any atom is -0.493 e. The van der Waals surface area contributed by atoms with E-state index in [0.29, 0.717) is 50.5 Å². The number of piperidine rings is 1. The third-order valence-corrected chi connectivity index (χ3v) is 5.96. The highest BCUT2D eigenvalue weighted by Gasteiger charge is 2.28. The first-order valence-electron chi connectivity index (χ1n) is 11.4. The number of anilines is 1. The predicted octanol–water partition coefficient (Wildman–Crippen LogP) is 4.55. The second-order valence-electron chi connectivity index (χ2n) is 8.18. The third kappa shape index (κ3) is 6.00. The van der Waals surface area contributed by atoms with Crippen LogP contribution in [0.5, 0.6) is 5.75 Å². The molecule has 2 aromatic carbocycles. The lowest BCUT2D eigenvalue weighted by molar-refractivity contribution is -0.135. The largest absolute Gasteiger partial charge is 0.493 e. The van der Waals surface area contributed by atoms with Crippen molar-refractivity contribution in [1.82, 2.24) is 10.1 Å². The number of hydrogen-bond donors (Lipinski definition) is 1. The number of para-hydroxylation sites is 1. The Morgan fingerprint density at radius 3 is 2.52 bits per heavy atom. The van der Waals surface area contributed by atoms with Crippen LogP contribution in [0.3, 0.4) is 0 Å². The molecule has 0 spiro atoms. The predicted molar refractivity (Wildman–Crippen MR) is 126 cm³/mol. The zero-order valence-electron chi connectivity index (χ0n) is 18.8. The Morgan fingerprint density at radius 2 is 1.82 bits per heavy atom. The Labute approximate surface area is 193 Å². The fourth-order valence-corrected chi connectivity index (χ4v) is 3.93. The minimum atomic E-state index is -0.160. The first-order valence-corrected chi connectivity index (χ1v) is 11.4. The summed E-state index contributed by atoms with van der Waals surface area (Å²) in [6, 6.07) is 19.3. The van der Waals surface area contributed by atoms with E-state index >= 15 is 0 Å². The van der Waals surface area contributed by atoms with Crippen molar-refractivity contribution in [3.63, 3.8) is 0 Å². The van der Waals surface area contributed by atoms with Crippen molar-refractivity contribution in [1.29, 1.82) is 0 Å². The molecule has 0 saturated carbocycles. The van der Waals surface area contributed by atoms with E-state index in [-0.39, 0.29) is 17.7 Å². The van der Waals surface area contributed by atoms with Gasteiger partial charge in [0.05, 0.1) is 13.0 Å². The summed E-state index contributed by atoms with van der Waals surface area (Å²) < 4.78 is 10.9. The van der Waals surface area contributed by atoms with E-state index in [4.69, 9.17) is 9.26 Å². The Balaban J connectivity index is 1.21. The summed E-state index contributed by atoms with van der Waals surface area (Å²) in [5.41, 5.74) is 2.88. The van der Waals surface area contributed by atoms with E-state index in [1.165, 1.54) is 5.56 Å². The van der Waals surface area contributed by atoms with E-state index in [2.05, 4.69) is 29.5 Å².